The maximum absolute atomic E-state index is 10.4. The van der Waals surface area contributed by atoms with Crippen LogP contribution in [-0.2, 0) is 0 Å². The van der Waals surface area contributed by atoms with Crippen LogP contribution < -0.4 is 4.74 Å². The van der Waals surface area contributed by atoms with E-state index in [1.54, 1.807) is 0 Å². The molecule has 0 saturated heterocycles. The summed E-state index contributed by atoms with van der Waals surface area (Å²) in [6, 6.07) is 9.85. The zero-order chi connectivity index (χ0) is 13.5. The van der Waals surface area contributed by atoms with Crippen molar-refractivity contribution >= 4 is 0 Å². The van der Waals surface area contributed by atoms with E-state index >= 15 is 0 Å². The van der Waals surface area contributed by atoms with Crippen LogP contribution in [0.3, 0.4) is 0 Å². The molecule has 2 heteroatoms. The highest BCUT2D eigenvalue weighted by Crippen LogP contribution is 2.35. The fraction of sp³-hybridized carbons (Fsp3) is 0.647. The molecule has 2 nitrogen and oxygen atoms in total. The Morgan fingerprint density at radius 3 is 2.68 bits per heavy atom. The minimum absolute atomic E-state index is 0.200. The van der Waals surface area contributed by atoms with E-state index in [1.807, 2.05) is 30.3 Å². The molecule has 0 heterocycles. The van der Waals surface area contributed by atoms with Crippen LogP contribution in [0.15, 0.2) is 30.3 Å². The third-order valence-corrected chi connectivity index (χ3v) is 4.41. The Morgan fingerprint density at radius 2 is 1.95 bits per heavy atom. The summed E-state index contributed by atoms with van der Waals surface area (Å²) in [5, 5.41) is 10.4. The van der Waals surface area contributed by atoms with E-state index in [2.05, 4.69) is 6.92 Å². The molecular formula is C17H26O2. The maximum atomic E-state index is 10.4. The first-order valence-corrected chi connectivity index (χ1v) is 7.67. The van der Waals surface area contributed by atoms with E-state index in [1.165, 1.54) is 32.1 Å². The van der Waals surface area contributed by atoms with Crippen LogP contribution in [0.4, 0.5) is 0 Å². The first kappa shape index (κ1) is 14.4. The SMILES string of the molecule is CCC1CCCCC1C(O)CCOc1ccccc1. The van der Waals surface area contributed by atoms with Gasteiger partial charge in [-0.15, -0.1) is 0 Å². The van der Waals surface area contributed by atoms with Gasteiger partial charge in [0.1, 0.15) is 5.75 Å². The summed E-state index contributed by atoms with van der Waals surface area (Å²) >= 11 is 0. The molecule has 0 bridgehead atoms. The minimum atomic E-state index is -0.200. The largest absolute Gasteiger partial charge is 0.493 e. The molecule has 19 heavy (non-hydrogen) atoms. The molecule has 1 fully saturated rings. The minimum Gasteiger partial charge on any atom is -0.493 e. The Bertz CT molecular complexity index is 350. The Hall–Kier alpha value is -1.02. The summed E-state index contributed by atoms with van der Waals surface area (Å²) in [4.78, 5) is 0. The third-order valence-electron chi connectivity index (χ3n) is 4.41. The molecule has 1 aromatic carbocycles. The van der Waals surface area contributed by atoms with Gasteiger partial charge < -0.3 is 9.84 Å². The molecule has 0 spiro atoms. The fourth-order valence-electron chi connectivity index (χ4n) is 3.28. The molecule has 106 valence electrons. The summed E-state index contributed by atoms with van der Waals surface area (Å²) < 4.78 is 5.68. The van der Waals surface area contributed by atoms with Crippen molar-refractivity contribution in [2.75, 3.05) is 6.61 Å². The zero-order valence-electron chi connectivity index (χ0n) is 11.9. The second kappa shape index (κ2) is 7.54. The number of para-hydroxylation sites is 1. The van der Waals surface area contributed by atoms with E-state index in [9.17, 15) is 5.11 Å². The molecular weight excluding hydrogens is 236 g/mol. The molecule has 0 radical (unpaired) electrons. The summed E-state index contributed by atoms with van der Waals surface area (Å²) in [5.74, 6) is 2.09. The van der Waals surface area contributed by atoms with Gasteiger partial charge in [-0.25, -0.2) is 0 Å². The van der Waals surface area contributed by atoms with Crippen LogP contribution in [0.25, 0.3) is 0 Å². The van der Waals surface area contributed by atoms with E-state index in [4.69, 9.17) is 4.74 Å². The van der Waals surface area contributed by atoms with Crippen LogP contribution in [-0.4, -0.2) is 17.8 Å². The molecule has 3 atom stereocenters. The Balaban J connectivity index is 1.75. The molecule has 0 aliphatic heterocycles. The molecule has 1 N–H and O–H groups in total. The third kappa shape index (κ3) is 4.24. The highest BCUT2D eigenvalue weighted by Gasteiger charge is 2.29. The van der Waals surface area contributed by atoms with Gasteiger partial charge in [0, 0.05) is 6.42 Å². The monoisotopic (exact) mass is 262 g/mol. The van der Waals surface area contributed by atoms with Gasteiger partial charge in [0.2, 0.25) is 0 Å². The van der Waals surface area contributed by atoms with Crippen LogP contribution >= 0.6 is 0 Å². The highest BCUT2D eigenvalue weighted by atomic mass is 16.5. The van der Waals surface area contributed by atoms with Crippen molar-refractivity contribution in [2.45, 2.75) is 51.6 Å². The summed E-state index contributed by atoms with van der Waals surface area (Å²) in [7, 11) is 0. The average molecular weight is 262 g/mol. The van der Waals surface area contributed by atoms with Gasteiger partial charge in [0.15, 0.2) is 0 Å². The van der Waals surface area contributed by atoms with Gasteiger partial charge in [0.25, 0.3) is 0 Å². The van der Waals surface area contributed by atoms with Gasteiger partial charge in [-0.1, -0.05) is 50.8 Å². The lowest BCUT2D eigenvalue weighted by Crippen LogP contribution is -2.31. The van der Waals surface area contributed by atoms with E-state index in [0.29, 0.717) is 18.4 Å². The molecule has 1 saturated carbocycles. The second-order valence-corrected chi connectivity index (χ2v) is 5.63. The van der Waals surface area contributed by atoms with Crippen molar-refractivity contribution in [1.82, 2.24) is 0 Å². The first-order valence-electron chi connectivity index (χ1n) is 7.67. The quantitative estimate of drug-likeness (QED) is 0.838. The molecule has 1 aromatic rings. The van der Waals surface area contributed by atoms with Crippen molar-refractivity contribution in [3.63, 3.8) is 0 Å². The average Bonchev–Trinajstić information content (AvgIpc) is 2.48. The predicted molar refractivity (Wildman–Crippen MR) is 78.3 cm³/mol. The Morgan fingerprint density at radius 1 is 1.21 bits per heavy atom. The summed E-state index contributed by atoms with van der Waals surface area (Å²) in [5.41, 5.74) is 0. The topological polar surface area (TPSA) is 29.5 Å². The lowest BCUT2D eigenvalue weighted by molar-refractivity contribution is 0.0308. The number of rotatable bonds is 6. The van der Waals surface area contributed by atoms with Crippen molar-refractivity contribution in [1.29, 1.82) is 0 Å². The molecule has 1 aliphatic carbocycles. The lowest BCUT2D eigenvalue weighted by Gasteiger charge is -2.34. The number of hydrogen-bond donors (Lipinski definition) is 1. The molecule has 1 aliphatic rings. The van der Waals surface area contributed by atoms with Gasteiger partial charge in [-0.3, -0.25) is 0 Å². The van der Waals surface area contributed by atoms with Crippen molar-refractivity contribution < 1.29 is 9.84 Å². The number of benzene rings is 1. The Labute approximate surface area is 116 Å². The van der Waals surface area contributed by atoms with Gasteiger partial charge in [-0.05, 0) is 30.4 Å². The lowest BCUT2D eigenvalue weighted by atomic mass is 9.74. The van der Waals surface area contributed by atoms with E-state index < -0.39 is 0 Å². The van der Waals surface area contributed by atoms with Crippen molar-refractivity contribution in [2.24, 2.45) is 11.8 Å². The number of hydrogen-bond acceptors (Lipinski definition) is 2. The summed E-state index contributed by atoms with van der Waals surface area (Å²) in [6.45, 7) is 2.86. The number of aliphatic hydroxyl groups is 1. The van der Waals surface area contributed by atoms with Gasteiger partial charge in [0.05, 0.1) is 12.7 Å². The standard InChI is InChI=1S/C17H26O2/c1-2-14-8-6-7-11-16(14)17(18)12-13-19-15-9-4-3-5-10-15/h3-5,9-10,14,16-18H,2,6-8,11-13H2,1H3. The molecule has 0 amide bonds. The van der Waals surface area contributed by atoms with Gasteiger partial charge in [-0.2, -0.15) is 0 Å². The summed E-state index contributed by atoms with van der Waals surface area (Å²) in [6.07, 6.45) is 6.83. The van der Waals surface area contributed by atoms with Crippen LogP contribution in [0.1, 0.15) is 45.4 Å². The number of aliphatic hydroxyl groups excluding tert-OH is 1. The van der Waals surface area contributed by atoms with Crippen molar-refractivity contribution in [3.05, 3.63) is 30.3 Å². The normalized spacial score (nSPS) is 24.9. The van der Waals surface area contributed by atoms with Crippen LogP contribution in [0, 0.1) is 11.8 Å². The van der Waals surface area contributed by atoms with E-state index in [0.717, 1.165) is 12.2 Å². The smallest absolute Gasteiger partial charge is 0.119 e. The number of ether oxygens (including phenoxy) is 1. The van der Waals surface area contributed by atoms with Crippen LogP contribution in [0.2, 0.25) is 0 Å². The van der Waals surface area contributed by atoms with E-state index in [-0.39, 0.29) is 6.10 Å². The molecule has 2 rings (SSSR count). The zero-order valence-corrected chi connectivity index (χ0v) is 11.9. The molecule has 0 aromatic heterocycles. The predicted octanol–water partition coefficient (Wildman–Crippen LogP) is 4.03. The Kier molecular flexibility index (Phi) is 5.71. The first-order chi connectivity index (χ1) is 9.31. The highest BCUT2D eigenvalue weighted by molar-refractivity contribution is 5.20. The van der Waals surface area contributed by atoms with Gasteiger partial charge >= 0.3 is 0 Å². The molecule has 3 unspecified atom stereocenters. The second-order valence-electron chi connectivity index (χ2n) is 5.63. The fourth-order valence-corrected chi connectivity index (χ4v) is 3.28. The maximum Gasteiger partial charge on any atom is 0.119 e. The van der Waals surface area contributed by atoms with Crippen LogP contribution in [0.5, 0.6) is 5.75 Å². The van der Waals surface area contributed by atoms with Crippen molar-refractivity contribution in [3.8, 4) is 5.75 Å².